The van der Waals surface area contributed by atoms with Gasteiger partial charge in [-0.25, -0.2) is 0 Å². The first-order valence-corrected chi connectivity index (χ1v) is 3.69. The lowest BCUT2D eigenvalue weighted by Crippen LogP contribution is -2.01. The number of rotatable bonds is 1. The normalized spacial score (nSPS) is 26.8. The molecule has 1 atom stereocenters. The summed E-state index contributed by atoms with van der Waals surface area (Å²) in [5.74, 6) is 0.679. The number of hydrogen-bond acceptors (Lipinski definition) is 0. The Balaban J connectivity index is 2.57. The summed E-state index contributed by atoms with van der Waals surface area (Å²) in [6.07, 6.45) is 8.17. The van der Waals surface area contributed by atoms with E-state index >= 15 is 0 Å². The molecule has 0 aromatic carbocycles. The molecule has 0 radical (unpaired) electrons. The molecule has 0 amide bonds. The molecular formula is C9H14. The minimum absolute atomic E-state index is 0.679. The molecule has 0 saturated carbocycles. The van der Waals surface area contributed by atoms with Crippen molar-refractivity contribution >= 4 is 0 Å². The molecule has 0 bridgehead atoms. The highest BCUT2D eigenvalue weighted by Crippen LogP contribution is 2.24. The Morgan fingerprint density at radius 3 is 3.00 bits per heavy atom. The van der Waals surface area contributed by atoms with Gasteiger partial charge in [0.15, 0.2) is 0 Å². The molecule has 0 fully saturated rings. The fourth-order valence-corrected chi connectivity index (χ4v) is 1.28. The van der Waals surface area contributed by atoms with Crippen molar-refractivity contribution in [2.75, 3.05) is 0 Å². The molecule has 50 valence electrons. The van der Waals surface area contributed by atoms with E-state index in [1.54, 1.807) is 0 Å². The molecule has 0 N–H and O–H groups in total. The van der Waals surface area contributed by atoms with Crippen LogP contribution in [0.3, 0.4) is 0 Å². The van der Waals surface area contributed by atoms with Crippen LogP contribution >= 0.6 is 0 Å². The van der Waals surface area contributed by atoms with Crippen molar-refractivity contribution < 1.29 is 0 Å². The van der Waals surface area contributed by atoms with Crippen LogP contribution in [0.1, 0.15) is 26.2 Å². The maximum atomic E-state index is 4.02. The maximum absolute atomic E-state index is 4.02. The summed E-state index contributed by atoms with van der Waals surface area (Å²) in [5, 5.41) is 0. The molecule has 1 rings (SSSR count). The molecule has 0 heterocycles. The zero-order valence-corrected chi connectivity index (χ0v) is 6.06. The van der Waals surface area contributed by atoms with E-state index in [1.165, 1.54) is 24.8 Å². The molecule has 9 heavy (non-hydrogen) atoms. The molecule has 1 aliphatic rings. The van der Waals surface area contributed by atoms with E-state index in [0.717, 1.165) is 0 Å². The molecule has 0 aromatic heterocycles. The summed E-state index contributed by atoms with van der Waals surface area (Å²) < 4.78 is 0. The topological polar surface area (TPSA) is 0 Å². The monoisotopic (exact) mass is 122 g/mol. The Morgan fingerprint density at radius 2 is 2.56 bits per heavy atom. The zero-order valence-electron chi connectivity index (χ0n) is 6.06. The Kier molecular flexibility index (Phi) is 2.10. The lowest BCUT2D eigenvalue weighted by atomic mass is 9.89. The first kappa shape index (κ1) is 6.60. The highest BCUT2D eigenvalue weighted by molar-refractivity contribution is 5.14. The Hall–Kier alpha value is -0.520. The van der Waals surface area contributed by atoms with Gasteiger partial charge in [0.25, 0.3) is 0 Å². The fourth-order valence-electron chi connectivity index (χ4n) is 1.28. The van der Waals surface area contributed by atoms with E-state index in [9.17, 15) is 0 Å². The second-order valence-corrected chi connectivity index (χ2v) is 2.64. The Labute approximate surface area is 57.3 Å². The number of allylic oxidation sites excluding steroid dienone is 3. The highest BCUT2D eigenvalue weighted by atomic mass is 14.1. The lowest BCUT2D eigenvalue weighted by molar-refractivity contribution is 0.665. The predicted octanol–water partition coefficient (Wildman–Crippen LogP) is 2.92. The molecular weight excluding hydrogens is 108 g/mol. The van der Waals surface area contributed by atoms with Gasteiger partial charge in [0, 0.05) is 0 Å². The Bertz CT molecular complexity index is 131. The third-order valence-electron chi connectivity index (χ3n) is 1.96. The first-order chi connectivity index (χ1) is 4.34. The largest absolute Gasteiger partial charge is 0.0993 e. The third kappa shape index (κ3) is 1.44. The summed E-state index contributed by atoms with van der Waals surface area (Å²) in [7, 11) is 0. The van der Waals surface area contributed by atoms with E-state index in [-0.39, 0.29) is 0 Å². The average molecular weight is 122 g/mol. The van der Waals surface area contributed by atoms with E-state index in [2.05, 4.69) is 25.7 Å². The van der Waals surface area contributed by atoms with Crippen molar-refractivity contribution in [3.8, 4) is 0 Å². The second-order valence-electron chi connectivity index (χ2n) is 2.64. The van der Waals surface area contributed by atoms with Gasteiger partial charge in [-0.3, -0.25) is 0 Å². The van der Waals surface area contributed by atoms with Gasteiger partial charge in [-0.15, -0.1) is 0 Å². The average Bonchev–Trinajstić information content (AvgIpc) is 1.89. The number of hydrogen-bond donors (Lipinski definition) is 0. The van der Waals surface area contributed by atoms with Gasteiger partial charge >= 0.3 is 0 Å². The minimum atomic E-state index is 0.679. The van der Waals surface area contributed by atoms with Gasteiger partial charge in [-0.1, -0.05) is 31.2 Å². The van der Waals surface area contributed by atoms with Crippen molar-refractivity contribution in [1.29, 1.82) is 0 Å². The van der Waals surface area contributed by atoms with Crippen LogP contribution in [0.5, 0.6) is 0 Å². The van der Waals surface area contributed by atoms with Crippen LogP contribution in [0.2, 0.25) is 0 Å². The predicted molar refractivity (Wildman–Crippen MR) is 41.3 cm³/mol. The van der Waals surface area contributed by atoms with Gasteiger partial charge in [0.2, 0.25) is 0 Å². The van der Waals surface area contributed by atoms with Crippen molar-refractivity contribution in [3.05, 3.63) is 24.3 Å². The quantitative estimate of drug-likeness (QED) is 0.469. The van der Waals surface area contributed by atoms with E-state index in [1.807, 2.05) is 0 Å². The first-order valence-electron chi connectivity index (χ1n) is 3.69. The summed E-state index contributed by atoms with van der Waals surface area (Å²) >= 11 is 0. The van der Waals surface area contributed by atoms with Gasteiger partial charge in [0.1, 0.15) is 0 Å². The highest BCUT2D eigenvalue weighted by Gasteiger charge is 2.08. The fraction of sp³-hybridized carbons (Fsp3) is 0.556. The van der Waals surface area contributed by atoms with Gasteiger partial charge in [0.05, 0.1) is 0 Å². The van der Waals surface area contributed by atoms with Crippen LogP contribution in [0, 0.1) is 5.92 Å². The van der Waals surface area contributed by atoms with Crippen molar-refractivity contribution in [2.45, 2.75) is 26.2 Å². The summed E-state index contributed by atoms with van der Waals surface area (Å²) in [6.45, 7) is 6.23. The molecule has 0 spiro atoms. The summed E-state index contributed by atoms with van der Waals surface area (Å²) in [4.78, 5) is 0. The SMILES string of the molecule is C=C1CCC=CC1CC. The van der Waals surface area contributed by atoms with E-state index in [0.29, 0.717) is 5.92 Å². The molecule has 0 nitrogen and oxygen atoms in total. The molecule has 0 aromatic rings. The third-order valence-corrected chi connectivity index (χ3v) is 1.96. The van der Waals surface area contributed by atoms with E-state index in [4.69, 9.17) is 0 Å². The molecule has 1 aliphatic carbocycles. The molecule has 1 unspecified atom stereocenters. The van der Waals surface area contributed by atoms with Crippen molar-refractivity contribution in [1.82, 2.24) is 0 Å². The van der Waals surface area contributed by atoms with Gasteiger partial charge in [-0.2, -0.15) is 0 Å². The molecule has 0 saturated heterocycles. The summed E-state index contributed by atoms with van der Waals surface area (Å²) in [6, 6.07) is 0. The smallest absolute Gasteiger partial charge is 0.00285 e. The molecule has 0 aliphatic heterocycles. The van der Waals surface area contributed by atoms with Gasteiger partial charge < -0.3 is 0 Å². The van der Waals surface area contributed by atoms with Crippen molar-refractivity contribution in [3.63, 3.8) is 0 Å². The second kappa shape index (κ2) is 2.86. The molecule has 0 heteroatoms. The van der Waals surface area contributed by atoms with Gasteiger partial charge in [-0.05, 0) is 25.2 Å². The maximum Gasteiger partial charge on any atom is -0.00285 e. The minimum Gasteiger partial charge on any atom is -0.0993 e. The van der Waals surface area contributed by atoms with Crippen LogP contribution in [0.4, 0.5) is 0 Å². The van der Waals surface area contributed by atoms with Crippen LogP contribution < -0.4 is 0 Å². The standard InChI is InChI=1S/C9H14/c1-3-9-7-5-4-6-8(9)2/h5,7,9H,2-4,6H2,1H3. The van der Waals surface area contributed by atoms with Crippen LogP contribution in [-0.4, -0.2) is 0 Å². The zero-order chi connectivity index (χ0) is 6.69. The van der Waals surface area contributed by atoms with Crippen LogP contribution in [0.25, 0.3) is 0 Å². The van der Waals surface area contributed by atoms with Crippen molar-refractivity contribution in [2.24, 2.45) is 5.92 Å². The summed E-state index contributed by atoms with van der Waals surface area (Å²) in [5.41, 5.74) is 1.42. The lowest BCUT2D eigenvalue weighted by Gasteiger charge is -2.16. The van der Waals surface area contributed by atoms with Crippen LogP contribution in [-0.2, 0) is 0 Å². The Morgan fingerprint density at radius 1 is 1.78 bits per heavy atom. The van der Waals surface area contributed by atoms with E-state index < -0.39 is 0 Å². The van der Waals surface area contributed by atoms with Crippen LogP contribution in [0.15, 0.2) is 24.3 Å².